The Kier molecular flexibility index (Phi) is 5.13. The zero-order valence-corrected chi connectivity index (χ0v) is 14.1. The van der Waals surface area contributed by atoms with Crippen molar-refractivity contribution in [1.82, 2.24) is 15.6 Å². The van der Waals surface area contributed by atoms with Crippen LogP contribution in [0.3, 0.4) is 0 Å². The number of fused-ring (bicyclic) bond motifs is 1. The van der Waals surface area contributed by atoms with Crippen LogP contribution in [-0.4, -0.2) is 30.2 Å². The minimum atomic E-state index is 0.186. The summed E-state index contributed by atoms with van der Waals surface area (Å²) in [5.41, 5.74) is 3.05. The monoisotopic (exact) mass is 313 g/mol. The van der Waals surface area contributed by atoms with Crippen LogP contribution in [-0.2, 0) is 6.42 Å². The van der Waals surface area contributed by atoms with E-state index in [-0.39, 0.29) is 5.43 Å². The van der Waals surface area contributed by atoms with Crippen molar-refractivity contribution in [1.29, 1.82) is 0 Å². The van der Waals surface area contributed by atoms with Gasteiger partial charge in [-0.3, -0.25) is 4.79 Å². The molecule has 4 nitrogen and oxygen atoms in total. The maximum absolute atomic E-state index is 12.7. The molecule has 1 aliphatic rings. The van der Waals surface area contributed by atoms with Gasteiger partial charge in [-0.05, 0) is 64.8 Å². The molecule has 0 spiro atoms. The van der Waals surface area contributed by atoms with Gasteiger partial charge >= 0.3 is 0 Å². The fourth-order valence-electron chi connectivity index (χ4n) is 3.54. The Morgan fingerprint density at radius 3 is 2.78 bits per heavy atom. The van der Waals surface area contributed by atoms with Crippen molar-refractivity contribution >= 4 is 10.9 Å². The van der Waals surface area contributed by atoms with E-state index in [1.807, 2.05) is 31.2 Å². The van der Waals surface area contributed by atoms with Crippen molar-refractivity contribution in [2.45, 2.75) is 51.6 Å². The molecular formula is C19H27N3O. The van der Waals surface area contributed by atoms with Crippen molar-refractivity contribution in [2.75, 3.05) is 13.1 Å². The number of aromatic nitrogens is 1. The number of para-hydroxylation sites is 1. The van der Waals surface area contributed by atoms with Gasteiger partial charge in [0.1, 0.15) is 0 Å². The quantitative estimate of drug-likeness (QED) is 0.795. The molecule has 124 valence electrons. The maximum atomic E-state index is 12.7. The van der Waals surface area contributed by atoms with E-state index in [0.717, 1.165) is 48.1 Å². The van der Waals surface area contributed by atoms with Crippen molar-refractivity contribution in [3.8, 4) is 0 Å². The molecule has 1 fully saturated rings. The molecule has 2 heterocycles. The third-order valence-electron chi connectivity index (χ3n) is 4.91. The van der Waals surface area contributed by atoms with E-state index in [1.165, 1.54) is 12.8 Å². The number of benzene rings is 1. The molecule has 1 aromatic heterocycles. The SMILES string of the molecule is Cc1[nH]c2ccccc2c(=O)c1CCC(C)NC1CCNCC1. The third-order valence-corrected chi connectivity index (χ3v) is 4.91. The molecule has 1 aromatic carbocycles. The molecule has 0 bridgehead atoms. The summed E-state index contributed by atoms with van der Waals surface area (Å²) < 4.78 is 0. The van der Waals surface area contributed by atoms with E-state index in [4.69, 9.17) is 0 Å². The van der Waals surface area contributed by atoms with Gasteiger partial charge in [-0.1, -0.05) is 12.1 Å². The zero-order chi connectivity index (χ0) is 16.2. The number of hydrogen-bond acceptors (Lipinski definition) is 3. The minimum absolute atomic E-state index is 0.186. The molecule has 1 saturated heterocycles. The molecule has 3 N–H and O–H groups in total. The Morgan fingerprint density at radius 1 is 1.26 bits per heavy atom. The lowest BCUT2D eigenvalue weighted by atomic mass is 10.00. The van der Waals surface area contributed by atoms with Crippen molar-refractivity contribution in [2.24, 2.45) is 0 Å². The number of pyridine rings is 1. The Bertz CT molecular complexity index is 716. The van der Waals surface area contributed by atoms with Crippen LogP contribution >= 0.6 is 0 Å². The lowest BCUT2D eigenvalue weighted by Crippen LogP contribution is -2.43. The lowest BCUT2D eigenvalue weighted by molar-refractivity contribution is 0.348. The highest BCUT2D eigenvalue weighted by atomic mass is 16.1. The maximum Gasteiger partial charge on any atom is 0.192 e. The van der Waals surface area contributed by atoms with Gasteiger partial charge in [-0.25, -0.2) is 0 Å². The zero-order valence-electron chi connectivity index (χ0n) is 14.1. The summed E-state index contributed by atoms with van der Waals surface area (Å²) in [7, 11) is 0. The van der Waals surface area contributed by atoms with Crippen LogP contribution in [0.2, 0.25) is 0 Å². The highest BCUT2D eigenvalue weighted by Gasteiger charge is 2.16. The van der Waals surface area contributed by atoms with Crippen LogP contribution in [0, 0.1) is 6.92 Å². The largest absolute Gasteiger partial charge is 0.358 e. The fourth-order valence-corrected chi connectivity index (χ4v) is 3.54. The summed E-state index contributed by atoms with van der Waals surface area (Å²) in [4.78, 5) is 16.1. The Morgan fingerprint density at radius 2 is 2.00 bits per heavy atom. The van der Waals surface area contributed by atoms with E-state index >= 15 is 0 Å². The van der Waals surface area contributed by atoms with Gasteiger partial charge in [0.05, 0.1) is 0 Å². The van der Waals surface area contributed by atoms with Crippen molar-refractivity contribution in [3.05, 3.63) is 45.7 Å². The van der Waals surface area contributed by atoms with Gasteiger partial charge < -0.3 is 15.6 Å². The summed E-state index contributed by atoms with van der Waals surface area (Å²) in [6.07, 6.45) is 4.21. The number of rotatable bonds is 5. The molecule has 1 aliphatic heterocycles. The number of piperidine rings is 1. The minimum Gasteiger partial charge on any atom is -0.358 e. The van der Waals surface area contributed by atoms with E-state index in [1.54, 1.807) is 0 Å². The van der Waals surface area contributed by atoms with E-state index in [2.05, 4.69) is 22.5 Å². The van der Waals surface area contributed by atoms with Crippen molar-refractivity contribution in [3.63, 3.8) is 0 Å². The number of nitrogens with one attached hydrogen (secondary N) is 3. The van der Waals surface area contributed by atoms with Crippen LogP contribution in [0.1, 0.15) is 37.4 Å². The Balaban J connectivity index is 1.68. The summed E-state index contributed by atoms with van der Waals surface area (Å²) in [5, 5.41) is 7.90. The van der Waals surface area contributed by atoms with E-state index in [0.29, 0.717) is 12.1 Å². The van der Waals surface area contributed by atoms with E-state index in [9.17, 15) is 4.79 Å². The molecule has 0 saturated carbocycles. The third kappa shape index (κ3) is 3.82. The van der Waals surface area contributed by atoms with Gasteiger partial charge in [0, 0.05) is 34.2 Å². The molecule has 0 aliphatic carbocycles. The number of H-pyrrole nitrogens is 1. The second kappa shape index (κ2) is 7.28. The predicted molar refractivity (Wildman–Crippen MR) is 96.1 cm³/mol. The Labute approximate surface area is 137 Å². The van der Waals surface area contributed by atoms with E-state index < -0.39 is 0 Å². The fraction of sp³-hybridized carbons (Fsp3) is 0.526. The predicted octanol–water partition coefficient (Wildman–Crippen LogP) is 2.50. The van der Waals surface area contributed by atoms with Crippen LogP contribution in [0.15, 0.2) is 29.1 Å². The van der Waals surface area contributed by atoms with Crippen LogP contribution in [0.4, 0.5) is 0 Å². The molecule has 0 amide bonds. The summed E-state index contributed by atoms with van der Waals surface area (Å²) in [6, 6.07) is 8.81. The number of hydrogen-bond donors (Lipinski definition) is 3. The second-order valence-electron chi connectivity index (χ2n) is 6.73. The van der Waals surface area contributed by atoms with Crippen molar-refractivity contribution < 1.29 is 0 Å². The van der Waals surface area contributed by atoms with Gasteiger partial charge in [-0.2, -0.15) is 0 Å². The smallest absolute Gasteiger partial charge is 0.192 e. The molecular weight excluding hydrogens is 286 g/mol. The summed E-state index contributed by atoms with van der Waals surface area (Å²) >= 11 is 0. The summed E-state index contributed by atoms with van der Waals surface area (Å²) in [5.74, 6) is 0. The van der Waals surface area contributed by atoms with Gasteiger partial charge in [-0.15, -0.1) is 0 Å². The average molecular weight is 313 g/mol. The second-order valence-corrected chi connectivity index (χ2v) is 6.73. The van der Waals surface area contributed by atoms with Crippen LogP contribution in [0.5, 0.6) is 0 Å². The first-order valence-corrected chi connectivity index (χ1v) is 8.72. The molecule has 1 unspecified atom stereocenters. The van der Waals surface area contributed by atoms with Gasteiger partial charge in [0.15, 0.2) is 5.43 Å². The highest BCUT2D eigenvalue weighted by molar-refractivity contribution is 5.79. The Hall–Kier alpha value is -1.65. The molecule has 0 radical (unpaired) electrons. The van der Waals surface area contributed by atoms with Gasteiger partial charge in [0.25, 0.3) is 0 Å². The molecule has 1 atom stereocenters. The normalized spacial score (nSPS) is 17.5. The topological polar surface area (TPSA) is 56.9 Å². The van der Waals surface area contributed by atoms with Gasteiger partial charge in [0.2, 0.25) is 0 Å². The first kappa shape index (κ1) is 16.2. The first-order chi connectivity index (χ1) is 11.1. The summed E-state index contributed by atoms with van der Waals surface area (Å²) in [6.45, 7) is 6.45. The average Bonchev–Trinajstić information content (AvgIpc) is 2.55. The molecule has 3 rings (SSSR count). The first-order valence-electron chi connectivity index (χ1n) is 8.72. The highest BCUT2D eigenvalue weighted by Crippen LogP contribution is 2.13. The van der Waals surface area contributed by atoms with Crippen LogP contribution in [0.25, 0.3) is 10.9 Å². The molecule has 4 heteroatoms. The molecule has 23 heavy (non-hydrogen) atoms. The van der Waals surface area contributed by atoms with Crippen LogP contribution < -0.4 is 16.1 Å². The molecule has 2 aromatic rings. The number of aryl methyl sites for hydroxylation is 1. The standard InChI is InChI=1S/C19H27N3O/c1-13(21-15-9-11-20-12-10-15)7-8-16-14(2)22-18-6-4-3-5-17(18)19(16)23/h3-6,13,15,20-21H,7-12H2,1-2H3,(H,22,23). The lowest BCUT2D eigenvalue weighted by Gasteiger charge is -2.27. The number of aromatic amines is 1.